The molecular weight excluding hydrogens is 496 g/mol. The average molecular weight is 516 g/mol. The van der Waals surface area contributed by atoms with Gasteiger partial charge < -0.3 is 15.0 Å². The molecule has 7 nitrogen and oxygen atoms in total. The number of benzene rings is 1. The number of thiophene rings is 1. The highest BCUT2D eigenvalue weighted by Gasteiger charge is 2.33. The van der Waals surface area contributed by atoms with E-state index in [1.165, 1.54) is 23.5 Å². The molecular formula is C24H20ClF2N5O2S. The highest BCUT2D eigenvalue weighted by atomic mass is 35.5. The number of alkyl halides is 3. The molecule has 0 atom stereocenters. The van der Waals surface area contributed by atoms with E-state index in [1.54, 1.807) is 19.2 Å². The van der Waals surface area contributed by atoms with Crippen molar-refractivity contribution in [2.45, 2.75) is 18.7 Å². The van der Waals surface area contributed by atoms with Gasteiger partial charge in [-0.2, -0.15) is 13.9 Å². The quantitative estimate of drug-likeness (QED) is 0.280. The number of nitrogens with one attached hydrogen (secondary N) is 2. The minimum Gasteiger partial charge on any atom is -0.497 e. The smallest absolute Gasteiger partial charge is 0.364 e. The summed E-state index contributed by atoms with van der Waals surface area (Å²) < 4.78 is 34.6. The summed E-state index contributed by atoms with van der Waals surface area (Å²) in [6.45, 7) is 2.29. The summed E-state index contributed by atoms with van der Waals surface area (Å²) in [5.41, 5.74) is 2.88. The summed E-state index contributed by atoms with van der Waals surface area (Å²) in [6.07, 6.45) is 0.559. The van der Waals surface area contributed by atoms with Crippen molar-refractivity contribution in [1.82, 2.24) is 24.9 Å². The maximum Gasteiger partial charge on any atom is 0.364 e. The van der Waals surface area contributed by atoms with E-state index >= 15 is 0 Å². The Kier molecular flexibility index (Phi) is 5.94. The predicted molar refractivity (Wildman–Crippen MR) is 132 cm³/mol. The number of rotatable bonds is 7. The van der Waals surface area contributed by atoms with Crippen LogP contribution in [0.5, 0.6) is 5.75 Å². The molecule has 0 saturated carbocycles. The van der Waals surface area contributed by atoms with Gasteiger partial charge in [0, 0.05) is 29.2 Å². The monoisotopic (exact) mass is 515 g/mol. The normalized spacial score (nSPS) is 11.9. The van der Waals surface area contributed by atoms with Crippen LogP contribution >= 0.6 is 22.9 Å². The number of aromatic nitrogens is 4. The minimum atomic E-state index is -3.69. The number of hydrogen-bond acceptors (Lipinski definition) is 5. The number of aromatic amines is 1. The van der Waals surface area contributed by atoms with E-state index in [-0.39, 0.29) is 11.3 Å². The molecule has 5 aromatic rings. The highest BCUT2D eigenvalue weighted by Crippen LogP contribution is 2.35. The van der Waals surface area contributed by atoms with Crippen molar-refractivity contribution in [3.63, 3.8) is 0 Å². The van der Waals surface area contributed by atoms with Gasteiger partial charge in [-0.25, -0.2) is 9.50 Å². The number of ether oxygens (including phenoxy) is 1. The lowest BCUT2D eigenvalue weighted by Gasteiger charge is -2.11. The van der Waals surface area contributed by atoms with Crippen molar-refractivity contribution in [2.75, 3.05) is 13.7 Å². The van der Waals surface area contributed by atoms with Crippen molar-refractivity contribution < 1.29 is 18.3 Å². The molecule has 1 amide bonds. The van der Waals surface area contributed by atoms with E-state index in [1.807, 2.05) is 30.5 Å². The van der Waals surface area contributed by atoms with E-state index < -0.39 is 17.0 Å². The van der Waals surface area contributed by atoms with Crippen LogP contribution in [0.25, 0.3) is 27.1 Å². The van der Waals surface area contributed by atoms with Crippen LogP contribution in [-0.2, 0) is 11.8 Å². The maximum absolute atomic E-state index is 14.2. The zero-order valence-electron chi connectivity index (χ0n) is 18.7. The van der Waals surface area contributed by atoms with Crippen LogP contribution in [-0.4, -0.2) is 39.1 Å². The Balaban J connectivity index is 1.39. The van der Waals surface area contributed by atoms with Crippen LogP contribution in [0, 0.1) is 6.92 Å². The molecule has 0 aliphatic rings. The first-order valence-electron chi connectivity index (χ1n) is 10.7. The number of fused-ring (bicyclic) bond motifs is 2. The molecule has 4 aromatic heterocycles. The molecule has 180 valence electrons. The van der Waals surface area contributed by atoms with E-state index in [4.69, 9.17) is 16.3 Å². The lowest BCUT2D eigenvalue weighted by Crippen LogP contribution is -2.26. The summed E-state index contributed by atoms with van der Waals surface area (Å²) in [6, 6.07) is 11.9. The molecule has 0 bridgehead atoms. The molecule has 0 radical (unpaired) electrons. The van der Waals surface area contributed by atoms with Gasteiger partial charge in [-0.05, 0) is 66.2 Å². The fourth-order valence-corrected chi connectivity index (χ4v) is 4.86. The summed E-state index contributed by atoms with van der Waals surface area (Å²) >= 11 is 6.71. The number of nitrogens with zero attached hydrogens (tertiary/aromatic N) is 3. The van der Waals surface area contributed by atoms with E-state index in [9.17, 15) is 13.6 Å². The fourth-order valence-electron chi connectivity index (χ4n) is 4.04. The molecule has 0 aliphatic carbocycles. The Bertz CT molecular complexity index is 1540. The van der Waals surface area contributed by atoms with Crippen molar-refractivity contribution in [2.24, 2.45) is 0 Å². The van der Waals surface area contributed by atoms with Crippen molar-refractivity contribution in [3.8, 4) is 16.3 Å². The van der Waals surface area contributed by atoms with Gasteiger partial charge in [0.05, 0.1) is 17.7 Å². The van der Waals surface area contributed by atoms with Crippen LogP contribution in [0.4, 0.5) is 8.78 Å². The molecule has 0 spiro atoms. The van der Waals surface area contributed by atoms with Gasteiger partial charge in [0.2, 0.25) is 0 Å². The Morgan fingerprint density at radius 3 is 2.83 bits per heavy atom. The van der Waals surface area contributed by atoms with Crippen molar-refractivity contribution >= 4 is 45.4 Å². The van der Waals surface area contributed by atoms with Crippen LogP contribution in [0.3, 0.4) is 0 Å². The highest BCUT2D eigenvalue weighted by molar-refractivity contribution is 7.13. The minimum absolute atomic E-state index is 0.0275. The molecule has 0 saturated heterocycles. The third-order valence-corrected chi connectivity index (χ3v) is 6.80. The second-order valence-electron chi connectivity index (χ2n) is 7.95. The third kappa shape index (κ3) is 4.46. The number of H-pyrrole nitrogens is 1. The predicted octanol–water partition coefficient (Wildman–Crippen LogP) is 5.52. The molecule has 0 unspecified atom stereocenters. The van der Waals surface area contributed by atoms with Gasteiger partial charge >= 0.3 is 5.38 Å². The first-order chi connectivity index (χ1) is 16.7. The van der Waals surface area contributed by atoms with Crippen LogP contribution in [0.1, 0.15) is 27.4 Å². The molecule has 5 rings (SSSR count). The molecule has 11 heteroatoms. The first-order valence-corrected chi connectivity index (χ1v) is 12.0. The molecule has 0 aliphatic heterocycles. The van der Waals surface area contributed by atoms with Crippen molar-refractivity contribution in [1.29, 1.82) is 0 Å². The third-order valence-electron chi connectivity index (χ3n) is 5.71. The second-order valence-corrected chi connectivity index (χ2v) is 9.37. The maximum atomic E-state index is 14.2. The summed E-state index contributed by atoms with van der Waals surface area (Å²) in [7, 11) is 1.61. The van der Waals surface area contributed by atoms with Crippen LogP contribution < -0.4 is 10.1 Å². The Hall–Kier alpha value is -3.50. The van der Waals surface area contributed by atoms with Crippen molar-refractivity contribution in [3.05, 3.63) is 70.5 Å². The molecule has 35 heavy (non-hydrogen) atoms. The Morgan fingerprint density at radius 2 is 2.11 bits per heavy atom. The van der Waals surface area contributed by atoms with Gasteiger partial charge in [0.15, 0.2) is 11.3 Å². The Labute approximate surface area is 207 Å². The molecule has 0 fully saturated rings. The average Bonchev–Trinajstić information content (AvgIpc) is 3.56. The van der Waals surface area contributed by atoms with E-state index in [2.05, 4.69) is 20.4 Å². The van der Waals surface area contributed by atoms with E-state index in [0.717, 1.165) is 32.4 Å². The van der Waals surface area contributed by atoms with Crippen LogP contribution in [0.15, 0.2) is 47.8 Å². The summed E-state index contributed by atoms with van der Waals surface area (Å²) in [5, 5.41) is 6.02. The first kappa shape index (κ1) is 23.3. The molecule has 2 N–H and O–H groups in total. The number of hydrogen-bond donors (Lipinski definition) is 2. The number of aryl methyl sites for hydroxylation is 1. The zero-order chi connectivity index (χ0) is 24.7. The lowest BCUT2D eigenvalue weighted by atomic mass is 10.1. The lowest BCUT2D eigenvalue weighted by molar-refractivity contribution is 0.0866. The van der Waals surface area contributed by atoms with Gasteiger partial charge in [0.25, 0.3) is 5.91 Å². The van der Waals surface area contributed by atoms with E-state index in [0.29, 0.717) is 23.5 Å². The topological polar surface area (TPSA) is 84.3 Å². The SMILES string of the molecule is COc1ccc2[nH]c(C)c(CCNC(=O)c3cc4nc(-c5cccs5)cc(C(F)(F)Cl)n4n3)c2c1. The summed E-state index contributed by atoms with van der Waals surface area (Å²) in [5.74, 6) is 0.250. The standard InChI is InChI=1S/C24H20ClF2N5O2S/c1-13-15(16-10-14(34-2)5-6-17(16)29-13)7-8-28-23(33)19-12-22-30-18(20-4-3-9-35-20)11-21(24(25,26)27)32(22)31-19/h3-6,9-12,29H,7-8H2,1-2H3,(H,28,33). The molecule has 1 aromatic carbocycles. The zero-order valence-corrected chi connectivity index (χ0v) is 20.3. The number of halogens is 3. The van der Waals surface area contributed by atoms with Crippen LogP contribution in [0.2, 0.25) is 0 Å². The fraction of sp³-hybridized carbons (Fsp3) is 0.208. The second kappa shape index (κ2) is 8.94. The van der Waals surface area contributed by atoms with Gasteiger partial charge in [-0.15, -0.1) is 11.3 Å². The summed E-state index contributed by atoms with van der Waals surface area (Å²) in [4.78, 5) is 21.2. The Morgan fingerprint density at radius 1 is 1.29 bits per heavy atom. The largest absolute Gasteiger partial charge is 0.497 e. The van der Waals surface area contributed by atoms with Gasteiger partial charge in [0.1, 0.15) is 11.4 Å². The van der Waals surface area contributed by atoms with Gasteiger partial charge in [-0.1, -0.05) is 6.07 Å². The number of carbonyl (C=O) groups excluding carboxylic acids is 1. The number of methoxy groups -OCH3 is 1. The number of carbonyl (C=O) groups is 1. The van der Waals surface area contributed by atoms with Gasteiger partial charge in [-0.3, -0.25) is 4.79 Å². The number of amides is 1. The molecule has 4 heterocycles.